The molecule has 140 valence electrons. The van der Waals surface area contributed by atoms with E-state index in [2.05, 4.69) is 26.6 Å². The molecule has 1 aliphatic rings. The molecule has 0 radical (unpaired) electrons. The van der Waals surface area contributed by atoms with Crippen LogP contribution in [0.5, 0.6) is 5.75 Å². The van der Waals surface area contributed by atoms with Crippen molar-refractivity contribution in [3.63, 3.8) is 0 Å². The van der Waals surface area contributed by atoms with Crippen LogP contribution in [0.15, 0.2) is 33.9 Å². The molecule has 1 aromatic rings. The summed E-state index contributed by atoms with van der Waals surface area (Å²) in [4.78, 5) is 35.5. The number of carbonyl (C=O) groups is 3. The van der Waals surface area contributed by atoms with Crippen LogP contribution in [0.1, 0.15) is 39.3 Å². The Labute approximate surface area is 160 Å². The van der Waals surface area contributed by atoms with Gasteiger partial charge in [0.15, 0.2) is 11.9 Å². The van der Waals surface area contributed by atoms with E-state index < -0.39 is 18.1 Å². The number of benzene rings is 1. The summed E-state index contributed by atoms with van der Waals surface area (Å²) in [6.45, 7) is 6.76. The van der Waals surface area contributed by atoms with E-state index in [1.54, 1.807) is 39.0 Å². The normalized spacial score (nSPS) is 17.9. The summed E-state index contributed by atoms with van der Waals surface area (Å²) in [6, 6.07) is 4.24. The minimum atomic E-state index is -0.759. The van der Waals surface area contributed by atoms with E-state index in [1.807, 2.05) is 0 Å². The molecule has 1 aromatic carbocycles. The number of Topliss-reactive ketones (excluding diaryl/α,β-unsaturated/α-hetero) is 1. The molecule has 0 fully saturated rings. The highest BCUT2D eigenvalue weighted by Gasteiger charge is 2.29. The van der Waals surface area contributed by atoms with Gasteiger partial charge >= 0.3 is 12.0 Å². The number of halogens is 1. The number of ketones is 1. The van der Waals surface area contributed by atoms with E-state index in [4.69, 9.17) is 9.47 Å². The van der Waals surface area contributed by atoms with E-state index >= 15 is 0 Å². The number of esters is 1. The number of allylic oxidation sites excluding steroid dienone is 1. The average molecular weight is 425 g/mol. The Kier molecular flexibility index (Phi) is 6.42. The Morgan fingerprint density at radius 2 is 2.04 bits per heavy atom. The zero-order chi connectivity index (χ0) is 19.4. The van der Waals surface area contributed by atoms with Crippen LogP contribution in [0.4, 0.5) is 4.79 Å². The second-order valence-corrected chi connectivity index (χ2v) is 6.68. The molecule has 26 heavy (non-hydrogen) atoms. The highest BCUT2D eigenvalue weighted by Crippen LogP contribution is 2.33. The van der Waals surface area contributed by atoms with Crippen LogP contribution in [0, 0.1) is 0 Å². The number of nitrogens with one attached hydrogen (secondary N) is 2. The number of urea groups is 1. The van der Waals surface area contributed by atoms with Crippen molar-refractivity contribution in [2.75, 3.05) is 6.61 Å². The number of hydrogen-bond donors (Lipinski definition) is 2. The first-order valence-corrected chi connectivity index (χ1v) is 8.95. The Hall–Kier alpha value is -2.35. The van der Waals surface area contributed by atoms with Crippen molar-refractivity contribution in [2.45, 2.75) is 39.8 Å². The van der Waals surface area contributed by atoms with Gasteiger partial charge in [-0.1, -0.05) is 6.07 Å². The second kappa shape index (κ2) is 8.35. The van der Waals surface area contributed by atoms with Gasteiger partial charge in [-0.3, -0.25) is 4.79 Å². The zero-order valence-electron chi connectivity index (χ0n) is 15.0. The second-order valence-electron chi connectivity index (χ2n) is 5.83. The fourth-order valence-corrected chi connectivity index (χ4v) is 3.19. The molecule has 8 heteroatoms. The van der Waals surface area contributed by atoms with E-state index in [9.17, 15) is 14.4 Å². The van der Waals surface area contributed by atoms with E-state index in [1.165, 1.54) is 6.92 Å². The van der Waals surface area contributed by atoms with Gasteiger partial charge in [0.1, 0.15) is 5.75 Å². The van der Waals surface area contributed by atoms with Crippen LogP contribution in [0.3, 0.4) is 0 Å². The summed E-state index contributed by atoms with van der Waals surface area (Å²) in [5.41, 5.74) is 1.73. The predicted octanol–water partition coefficient (Wildman–Crippen LogP) is 3.00. The third-order valence-corrected chi connectivity index (χ3v) is 4.48. The first-order chi connectivity index (χ1) is 12.2. The summed E-state index contributed by atoms with van der Waals surface area (Å²) in [6.07, 6.45) is -0.759. The molecular weight excluding hydrogens is 404 g/mol. The number of ether oxygens (including phenoxy) is 2. The summed E-state index contributed by atoms with van der Waals surface area (Å²) >= 11 is 3.41. The van der Waals surface area contributed by atoms with Crippen molar-refractivity contribution in [3.8, 4) is 5.75 Å². The van der Waals surface area contributed by atoms with Gasteiger partial charge in [-0.15, -0.1) is 0 Å². The lowest BCUT2D eigenvalue weighted by atomic mass is 9.93. The average Bonchev–Trinajstić information content (AvgIpc) is 2.55. The molecule has 1 heterocycles. The highest BCUT2D eigenvalue weighted by atomic mass is 79.9. The molecule has 0 aliphatic carbocycles. The standard InChI is InChI=1S/C18H21BrN2O5/c1-5-25-17(23)11(4)26-14-7-6-12(8-13(14)19)16-15(10(3)22)9(2)20-18(24)21-16/h6-8,11,16H,5H2,1-4H3,(H2,20,21,24)/t11-,16-/m0/s1. The highest BCUT2D eigenvalue weighted by molar-refractivity contribution is 9.10. The molecular formula is C18H21BrN2O5. The molecule has 0 saturated carbocycles. The molecule has 2 amide bonds. The van der Waals surface area contributed by atoms with Gasteiger partial charge in [-0.05, 0) is 61.3 Å². The van der Waals surface area contributed by atoms with Gasteiger partial charge in [0, 0.05) is 11.3 Å². The van der Waals surface area contributed by atoms with Gasteiger partial charge < -0.3 is 20.1 Å². The number of hydrogen-bond acceptors (Lipinski definition) is 5. The summed E-state index contributed by atoms with van der Waals surface area (Å²) in [5.74, 6) is -0.126. The molecule has 0 spiro atoms. The van der Waals surface area contributed by atoms with Crippen LogP contribution < -0.4 is 15.4 Å². The lowest BCUT2D eigenvalue weighted by Crippen LogP contribution is -2.44. The maximum absolute atomic E-state index is 12.0. The van der Waals surface area contributed by atoms with Gasteiger partial charge in [0.05, 0.1) is 17.1 Å². The molecule has 2 atom stereocenters. The van der Waals surface area contributed by atoms with E-state index in [0.717, 1.165) is 0 Å². The minimum Gasteiger partial charge on any atom is -0.478 e. The first kappa shape index (κ1) is 20.0. The third kappa shape index (κ3) is 4.43. The summed E-state index contributed by atoms with van der Waals surface area (Å²) in [5, 5.41) is 5.36. The van der Waals surface area contributed by atoms with Crippen LogP contribution in [-0.4, -0.2) is 30.5 Å². The van der Waals surface area contributed by atoms with Crippen molar-refractivity contribution in [1.82, 2.24) is 10.6 Å². The van der Waals surface area contributed by atoms with Gasteiger partial charge in [-0.25, -0.2) is 9.59 Å². The summed E-state index contributed by atoms with van der Waals surface area (Å²) in [7, 11) is 0. The van der Waals surface area contributed by atoms with Crippen LogP contribution in [-0.2, 0) is 14.3 Å². The van der Waals surface area contributed by atoms with Crippen LogP contribution >= 0.6 is 15.9 Å². The Morgan fingerprint density at radius 1 is 1.35 bits per heavy atom. The Morgan fingerprint density at radius 3 is 2.62 bits per heavy atom. The monoisotopic (exact) mass is 424 g/mol. The SMILES string of the molecule is CCOC(=O)[C@H](C)Oc1ccc([C@@H]2NC(=O)NC(C)=C2C(C)=O)cc1Br. The Balaban J connectivity index is 2.28. The molecule has 0 saturated heterocycles. The molecule has 7 nitrogen and oxygen atoms in total. The first-order valence-electron chi connectivity index (χ1n) is 8.16. The van der Waals surface area contributed by atoms with Gasteiger partial charge in [0.25, 0.3) is 0 Å². The molecule has 1 aliphatic heterocycles. The van der Waals surface area contributed by atoms with Crippen molar-refractivity contribution in [2.24, 2.45) is 0 Å². The lowest BCUT2D eigenvalue weighted by Gasteiger charge is -2.28. The van der Waals surface area contributed by atoms with Crippen LogP contribution in [0.25, 0.3) is 0 Å². The maximum Gasteiger partial charge on any atom is 0.347 e. The van der Waals surface area contributed by atoms with Crippen molar-refractivity contribution in [1.29, 1.82) is 0 Å². The largest absolute Gasteiger partial charge is 0.478 e. The number of carbonyl (C=O) groups excluding carboxylic acids is 3. The smallest absolute Gasteiger partial charge is 0.347 e. The Bertz CT molecular complexity index is 775. The summed E-state index contributed by atoms with van der Waals surface area (Å²) < 4.78 is 11.1. The quantitative estimate of drug-likeness (QED) is 0.684. The van der Waals surface area contributed by atoms with Gasteiger partial charge in [-0.2, -0.15) is 0 Å². The van der Waals surface area contributed by atoms with Crippen LogP contribution in [0.2, 0.25) is 0 Å². The third-order valence-electron chi connectivity index (χ3n) is 3.86. The lowest BCUT2D eigenvalue weighted by molar-refractivity contribution is -0.150. The van der Waals surface area contributed by atoms with E-state index in [0.29, 0.717) is 27.1 Å². The minimum absolute atomic E-state index is 0.132. The maximum atomic E-state index is 12.0. The zero-order valence-corrected chi connectivity index (χ0v) is 16.6. The number of amides is 2. The molecule has 0 unspecified atom stereocenters. The molecule has 0 bridgehead atoms. The molecule has 2 rings (SSSR count). The van der Waals surface area contributed by atoms with Gasteiger partial charge in [0.2, 0.25) is 0 Å². The fraction of sp³-hybridized carbons (Fsp3) is 0.389. The van der Waals surface area contributed by atoms with E-state index in [-0.39, 0.29) is 18.4 Å². The topological polar surface area (TPSA) is 93.7 Å². The number of rotatable bonds is 6. The van der Waals surface area contributed by atoms with Crippen molar-refractivity contribution in [3.05, 3.63) is 39.5 Å². The molecule has 0 aromatic heterocycles. The van der Waals surface area contributed by atoms with Crippen molar-refractivity contribution < 1.29 is 23.9 Å². The fourth-order valence-electron chi connectivity index (χ4n) is 2.70. The molecule has 2 N–H and O–H groups in total. The predicted molar refractivity (Wildman–Crippen MR) is 98.7 cm³/mol. The van der Waals surface area contributed by atoms with Crippen molar-refractivity contribution >= 4 is 33.7 Å².